The summed E-state index contributed by atoms with van der Waals surface area (Å²) in [6.07, 6.45) is 1.78. The molecular formula is C25H32N4O3S2. The maximum atomic E-state index is 13.2. The van der Waals surface area contributed by atoms with Crippen LogP contribution in [0.25, 0.3) is 21.0 Å². The minimum absolute atomic E-state index is 0.186. The second-order valence-electron chi connectivity index (χ2n) is 9.79. The molecule has 9 heteroatoms. The highest BCUT2D eigenvalue weighted by molar-refractivity contribution is 7.83. The number of hydrogen-bond donors (Lipinski definition) is 4. The third-order valence-electron chi connectivity index (χ3n) is 4.53. The number of aromatic nitrogens is 1. The average molecular weight is 501 g/mol. The number of benzene rings is 2. The molecule has 1 atom stereocenters. The molecule has 4 N–H and O–H groups in total. The van der Waals surface area contributed by atoms with Crippen LogP contribution in [0.15, 0.2) is 53.6 Å². The van der Waals surface area contributed by atoms with Crippen molar-refractivity contribution < 1.29 is 14.1 Å². The van der Waals surface area contributed by atoms with Crippen LogP contribution >= 0.6 is 11.3 Å². The quantitative estimate of drug-likeness (QED) is 0.347. The van der Waals surface area contributed by atoms with Crippen LogP contribution in [0.4, 0.5) is 11.4 Å². The minimum atomic E-state index is -1.49. The number of amides is 1. The van der Waals surface area contributed by atoms with Gasteiger partial charge in [-0.2, -0.15) is 0 Å². The summed E-state index contributed by atoms with van der Waals surface area (Å²) >= 11 is 1.51. The first-order chi connectivity index (χ1) is 15.8. The van der Waals surface area contributed by atoms with Gasteiger partial charge in [-0.1, -0.05) is 6.07 Å². The Morgan fingerprint density at radius 2 is 1.71 bits per heavy atom. The zero-order valence-electron chi connectivity index (χ0n) is 20.4. The van der Waals surface area contributed by atoms with Gasteiger partial charge in [0.25, 0.3) is 0 Å². The molecule has 0 saturated heterocycles. The standard InChI is InChI=1S/C25H32N4O3S2/c1-16(30)28-19-11-12-20(22(13-19)34(32)29-24(2,3)4)21-14-26-23(33-21)17-7-9-18(10-8-17)27-15-25(5,6)31/h7-14,27,29,31H,15H2,1-6H3,(H,28,30). The number of carbonyl (C=O) groups is 1. The third-order valence-corrected chi connectivity index (χ3v) is 7.14. The first-order valence-electron chi connectivity index (χ1n) is 10.9. The van der Waals surface area contributed by atoms with E-state index in [9.17, 15) is 14.1 Å². The van der Waals surface area contributed by atoms with Crippen molar-refractivity contribution in [2.75, 3.05) is 17.2 Å². The Labute approximate surface area is 207 Å². The summed E-state index contributed by atoms with van der Waals surface area (Å²) in [6, 6.07) is 13.3. The van der Waals surface area contributed by atoms with Gasteiger partial charge in [-0.25, -0.2) is 13.9 Å². The molecule has 3 aromatic rings. The fourth-order valence-electron chi connectivity index (χ4n) is 3.07. The normalized spacial score (nSPS) is 12.9. The Kier molecular flexibility index (Phi) is 7.92. The number of nitrogens with zero attached hydrogens (tertiary/aromatic N) is 1. The zero-order valence-corrected chi connectivity index (χ0v) is 22.0. The number of hydrogen-bond acceptors (Lipinski definition) is 6. The number of aliphatic hydroxyl groups is 1. The molecule has 0 spiro atoms. The molecule has 1 unspecified atom stereocenters. The van der Waals surface area contributed by atoms with Crippen LogP contribution in [0.5, 0.6) is 0 Å². The summed E-state index contributed by atoms with van der Waals surface area (Å²) in [7, 11) is -1.49. The van der Waals surface area contributed by atoms with Crippen molar-refractivity contribution in [2.24, 2.45) is 0 Å². The van der Waals surface area contributed by atoms with Gasteiger partial charge in [0.1, 0.15) is 16.0 Å². The molecule has 3 rings (SSSR count). The average Bonchev–Trinajstić information content (AvgIpc) is 3.20. The summed E-state index contributed by atoms with van der Waals surface area (Å²) in [6.45, 7) is 11.3. The van der Waals surface area contributed by atoms with Crippen LogP contribution in [0, 0.1) is 0 Å². The lowest BCUT2D eigenvalue weighted by Gasteiger charge is -2.21. The van der Waals surface area contributed by atoms with Crippen LogP contribution in [0.2, 0.25) is 0 Å². The first kappa shape index (κ1) is 26.0. The predicted molar refractivity (Wildman–Crippen MR) is 141 cm³/mol. The number of thiazole rings is 1. The molecular weight excluding hydrogens is 468 g/mol. The molecule has 0 radical (unpaired) electrons. The molecule has 0 aliphatic rings. The molecule has 1 amide bonds. The lowest BCUT2D eigenvalue weighted by atomic mass is 10.1. The van der Waals surface area contributed by atoms with Crippen LogP contribution < -0.4 is 15.4 Å². The van der Waals surface area contributed by atoms with E-state index in [0.29, 0.717) is 17.1 Å². The van der Waals surface area contributed by atoms with Gasteiger partial charge in [-0.05, 0) is 71.0 Å². The summed E-state index contributed by atoms with van der Waals surface area (Å²) < 4.78 is 16.3. The summed E-state index contributed by atoms with van der Waals surface area (Å²) in [4.78, 5) is 17.6. The molecule has 0 bridgehead atoms. The van der Waals surface area contributed by atoms with E-state index in [-0.39, 0.29) is 11.4 Å². The van der Waals surface area contributed by atoms with E-state index in [4.69, 9.17) is 0 Å². The molecule has 0 aliphatic heterocycles. The van der Waals surface area contributed by atoms with E-state index in [2.05, 4.69) is 20.3 Å². The van der Waals surface area contributed by atoms with Crippen molar-refractivity contribution in [3.8, 4) is 21.0 Å². The van der Waals surface area contributed by atoms with Crippen molar-refractivity contribution in [1.29, 1.82) is 0 Å². The second kappa shape index (κ2) is 10.4. The second-order valence-corrected chi connectivity index (χ2v) is 12.0. The van der Waals surface area contributed by atoms with Crippen molar-refractivity contribution >= 4 is 39.6 Å². The van der Waals surface area contributed by atoms with Crippen molar-refractivity contribution in [2.45, 2.75) is 57.6 Å². The van der Waals surface area contributed by atoms with Crippen LogP contribution in [0.3, 0.4) is 0 Å². The van der Waals surface area contributed by atoms with Crippen LogP contribution in [0.1, 0.15) is 41.5 Å². The lowest BCUT2D eigenvalue weighted by Crippen LogP contribution is -2.37. The monoisotopic (exact) mass is 500 g/mol. The molecule has 2 aromatic carbocycles. The predicted octanol–water partition coefficient (Wildman–Crippen LogP) is 5.03. The van der Waals surface area contributed by atoms with Crippen LogP contribution in [-0.2, 0) is 15.8 Å². The van der Waals surface area contributed by atoms with Gasteiger partial charge < -0.3 is 15.7 Å². The van der Waals surface area contributed by atoms with Gasteiger partial charge in [0.2, 0.25) is 5.91 Å². The van der Waals surface area contributed by atoms with E-state index in [1.807, 2.05) is 51.1 Å². The van der Waals surface area contributed by atoms with Gasteiger partial charge in [0.15, 0.2) is 0 Å². The van der Waals surface area contributed by atoms with E-state index in [0.717, 1.165) is 26.7 Å². The number of anilines is 2. The number of carbonyl (C=O) groups excluding carboxylic acids is 1. The maximum absolute atomic E-state index is 13.2. The van der Waals surface area contributed by atoms with E-state index < -0.39 is 16.6 Å². The Bertz CT molecular complexity index is 1180. The zero-order chi connectivity index (χ0) is 25.1. The maximum Gasteiger partial charge on any atom is 0.221 e. The Hall–Kier alpha value is -2.59. The molecule has 1 heterocycles. The Morgan fingerprint density at radius 1 is 1.06 bits per heavy atom. The Balaban J connectivity index is 1.90. The molecule has 0 fully saturated rings. The van der Waals surface area contributed by atoms with Gasteiger partial charge in [-0.15, -0.1) is 11.3 Å². The van der Waals surface area contributed by atoms with Crippen molar-refractivity contribution in [3.05, 3.63) is 48.7 Å². The van der Waals surface area contributed by atoms with Gasteiger partial charge >= 0.3 is 0 Å². The van der Waals surface area contributed by atoms with E-state index in [1.165, 1.54) is 18.3 Å². The fourth-order valence-corrected chi connectivity index (χ4v) is 5.38. The highest BCUT2D eigenvalue weighted by atomic mass is 32.2. The smallest absolute Gasteiger partial charge is 0.221 e. The van der Waals surface area contributed by atoms with Gasteiger partial charge in [-0.3, -0.25) is 4.79 Å². The Morgan fingerprint density at radius 3 is 2.29 bits per heavy atom. The summed E-state index contributed by atoms with van der Waals surface area (Å²) in [5.41, 5.74) is 2.13. The molecule has 0 saturated carbocycles. The molecule has 34 heavy (non-hydrogen) atoms. The van der Waals surface area contributed by atoms with Crippen molar-refractivity contribution in [1.82, 2.24) is 9.71 Å². The number of nitrogens with one attached hydrogen (secondary N) is 3. The largest absolute Gasteiger partial charge is 0.389 e. The van der Waals surface area contributed by atoms with Gasteiger partial charge in [0, 0.05) is 47.7 Å². The third kappa shape index (κ3) is 7.46. The van der Waals surface area contributed by atoms with E-state index in [1.54, 1.807) is 32.2 Å². The molecule has 7 nitrogen and oxygen atoms in total. The first-order valence-corrected chi connectivity index (χ1v) is 12.9. The molecule has 182 valence electrons. The summed E-state index contributed by atoms with van der Waals surface area (Å²) in [5.74, 6) is -0.186. The molecule has 0 aliphatic carbocycles. The fraction of sp³-hybridized carbons (Fsp3) is 0.360. The van der Waals surface area contributed by atoms with Crippen LogP contribution in [-0.4, -0.2) is 37.9 Å². The lowest BCUT2D eigenvalue weighted by molar-refractivity contribution is -0.114. The molecule has 1 aromatic heterocycles. The summed E-state index contributed by atoms with van der Waals surface area (Å²) in [5, 5.41) is 16.7. The SMILES string of the molecule is CC(=O)Nc1ccc(-c2cnc(-c3ccc(NCC(C)(C)O)cc3)s2)c(S(=O)NC(C)(C)C)c1. The van der Waals surface area contributed by atoms with Crippen molar-refractivity contribution in [3.63, 3.8) is 0 Å². The minimum Gasteiger partial charge on any atom is -0.389 e. The van der Waals surface area contributed by atoms with Gasteiger partial charge in [0.05, 0.1) is 15.4 Å². The van der Waals surface area contributed by atoms with E-state index >= 15 is 0 Å². The topological polar surface area (TPSA) is 103 Å². The highest BCUT2D eigenvalue weighted by Crippen LogP contribution is 2.36. The number of rotatable bonds is 8. The highest BCUT2D eigenvalue weighted by Gasteiger charge is 2.20.